The average Bonchev–Trinajstić information content (AvgIpc) is 2.88. The van der Waals surface area contributed by atoms with Gasteiger partial charge in [0, 0.05) is 38.1 Å². The summed E-state index contributed by atoms with van der Waals surface area (Å²) in [6.45, 7) is 3.04. The van der Waals surface area contributed by atoms with Gasteiger partial charge in [-0.1, -0.05) is 30.3 Å². The SMILES string of the molecule is CS(=O)(=O)c1ccc(N2CCCN(C(=O)Cc3ccccc3)CC2)cc1. The number of nitrogens with zero attached hydrogens (tertiary/aromatic N) is 2. The molecule has 1 aliphatic heterocycles. The van der Waals surface area contributed by atoms with Gasteiger partial charge < -0.3 is 9.80 Å². The first-order chi connectivity index (χ1) is 12.4. The first kappa shape index (κ1) is 18.5. The summed E-state index contributed by atoms with van der Waals surface area (Å²) < 4.78 is 23.2. The molecule has 0 saturated carbocycles. The largest absolute Gasteiger partial charge is 0.370 e. The molecule has 0 unspecified atom stereocenters. The van der Waals surface area contributed by atoms with E-state index in [1.807, 2.05) is 47.4 Å². The molecule has 1 heterocycles. The number of hydrogen-bond acceptors (Lipinski definition) is 4. The molecule has 3 rings (SSSR count). The van der Waals surface area contributed by atoms with E-state index in [1.54, 1.807) is 12.1 Å². The summed E-state index contributed by atoms with van der Waals surface area (Å²) in [5.74, 6) is 0.158. The van der Waals surface area contributed by atoms with Gasteiger partial charge >= 0.3 is 0 Å². The maximum absolute atomic E-state index is 12.6. The summed E-state index contributed by atoms with van der Waals surface area (Å²) in [5.41, 5.74) is 2.03. The molecule has 0 bridgehead atoms. The van der Waals surface area contributed by atoms with E-state index in [9.17, 15) is 13.2 Å². The van der Waals surface area contributed by atoms with Crippen LogP contribution in [0.4, 0.5) is 5.69 Å². The van der Waals surface area contributed by atoms with Crippen molar-refractivity contribution < 1.29 is 13.2 Å². The van der Waals surface area contributed by atoms with Gasteiger partial charge in [-0.05, 0) is 36.2 Å². The van der Waals surface area contributed by atoms with Gasteiger partial charge in [-0.3, -0.25) is 4.79 Å². The second-order valence-electron chi connectivity index (χ2n) is 6.65. The number of benzene rings is 2. The Morgan fingerprint density at radius 2 is 1.62 bits per heavy atom. The summed E-state index contributed by atoms with van der Waals surface area (Å²) in [7, 11) is -3.18. The smallest absolute Gasteiger partial charge is 0.227 e. The lowest BCUT2D eigenvalue weighted by molar-refractivity contribution is -0.130. The van der Waals surface area contributed by atoms with Crippen molar-refractivity contribution in [3.05, 3.63) is 60.2 Å². The van der Waals surface area contributed by atoms with Crippen molar-refractivity contribution in [1.82, 2.24) is 4.90 Å². The third kappa shape index (κ3) is 4.64. The number of sulfone groups is 1. The average molecular weight is 372 g/mol. The standard InChI is InChI=1S/C20H24N2O3S/c1-26(24,25)19-10-8-18(9-11-19)21-12-5-13-22(15-14-21)20(23)16-17-6-3-2-4-7-17/h2-4,6-11H,5,12-16H2,1H3. The third-order valence-corrected chi connectivity index (χ3v) is 5.81. The second kappa shape index (κ2) is 7.91. The zero-order valence-electron chi connectivity index (χ0n) is 15.0. The molecule has 2 aromatic rings. The summed E-state index contributed by atoms with van der Waals surface area (Å²) >= 11 is 0. The van der Waals surface area contributed by atoms with E-state index in [4.69, 9.17) is 0 Å². The Morgan fingerprint density at radius 3 is 2.27 bits per heavy atom. The first-order valence-corrected chi connectivity index (χ1v) is 10.7. The Balaban J connectivity index is 1.62. The van der Waals surface area contributed by atoms with Crippen molar-refractivity contribution in [3.8, 4) is 0 Å². The Labute approximate surface area is 155 Å². The highest BCUT2D eigenvalue weighted by Gasteiger charge is 2.19. The number of hydrogen-bond donors (Lipinski definition) is 0. The Hall–Kier alpha value is -2.34. The van der Waals surface area contributed by atoms with Crippen LogP contribution in [-0.2, 0) is 21.1 Å². The van der Waals surface area contributed by atoms with E-state index in [-0.39, 0.29) is 5.91 Å². The lowest BCUT2D eigenvalue weighted by Crippen LogP contribution is -2.36. The van der Waals surface area contributed by atoms with Crippen molar-refractivity contribution in [2.24, 2.45) is 0 Å². The summed E-state index contributed by atoms with van der Waals surface area (Å²) in [6, 6.07) is 16.8. The molecule has 0 radical (unpaired) electrons. The van der Waals surface area contributed by atoms with Gasteiger partial charge in [-0.25, -0.2) is 8.42 Å². The number of anilines is 1. The van der Waals surface area contributed by atoms with E-state index in [0.29, 0.717) is 17.9 Å². The Morgan fingerprint density at radius 1 is 0.923 bits per heavy atom. The number of carbonyl (C=O) groups excluding carboxylic acids is 1. The lowest BCUT2D eigenvalue weighted by Gasteiger charge is -2.24. The number of amides is 1. The van der Waals surface area contributed by atoms with Crippen LogP contribution in [0.25, 0.3) is 0 Å². The molecule has 1 fully saturated rings. The summed E-state index contributed by atoms with van der Waals surface area (Å²) in [5, 5.41) is 0. The quantitative estimate of drug-likeness (QED) is 0.827. The molecule has 0 atom stereocenters. The Kier molecular flexibility index (Phi) is 5.61. The van der Waals surface area contributed by atoms with Crippen LogP contribution >= 0.6 is 0 Å². The molecule has 138 valence electrons. The fraction of sp³-hybridized carbons (Fsp3) is 0.350. The maximum atomic E-state index is 12.6. The second-order valence-corrected chi connectivity index (χ2v) is 8.67. The van der Waals surface area contributed by atoms with E-state index in [2.05, 4.69) is 4.90 Å². The summed E-state index contributed by atoms with van der Waals surface area (Å²) in [6.07, 6.45) is 2.54. The molecule has 1 saturated heterocycles. The van der Waals surface area contributed by atoms with Gasteiger partial charge in [0.25, 0.3) is 0 Å². The van der Waals surface area contributed by atoms with Crippen molar-refractivity contribution in [2.45, 2.75) is 17.7 Å². The van der Waals surface area contributed by atoms with Crippen LogP contribution < -0.4 is 4.90 Å². The fourth-order valence-corrected chi connectivity index (χ4v) is 3.84. The maximum Gasteiger partial charge on any atom is 0.227 e. The Bertz CT molecular complexity index is 848. The van der Waals surface area contributed by atoms with Crippen LogP contribution in [0.2, 0.25) is 0 Å². The minimum absolute atomic E-state index is 0.158. The highest BCUT2D eigenvalue weighted by molar-refractivity contribution is 7.90. The van der Waals surface area contributed by atoms with Gasteiger partial charge in [-0.2, -0.15) is 0 Å². The topological polar surface area (TPSA) is 57.7 Å². The van der Waals surface area contributed by atoms with Gasteiger partial charge in [0.15, 0.2) is 9.84 Å². The lowest BCUT2D eigenvalue weighted by atomic mass is 10.1. The van der Waals surface area contributed by atoms with Crippen LogP contribution in [0.5, 0.6) is 0 Å². The molecular weight excluding hydrogens is 348 g/mol. The molecule has 2 aromatic carbocycles. The molecule has 1 aliphatic rings. The minimum atomic E-state index is -3.18. The van der Waals surface area contributed by atoms with Crippen molar-refractivity contribution in [2.75, 3.05) is 37.3 Å². The van der Waals surface area contributed by atoms with Crippen LogP contribution in [0.3, 0.4) is 0 Å². The molecule has 0 N–H and O–H groups in total. The van der Waals surface area contributed by atoms with Crippen molar-refractivity contribution in [3.63, 3.8) is 0 Å². The highest BCUT2D eigenvalue weighted by atomic mass is 32.2. The van der Waals surface area contributed by atoms with Gasteiger partial charge in [-0.15, -0.1) is 0 Å². The minimum Gasteiger partial charge on any atom is -0.370 e. The van der Waals surface area contributed by atoms with Crippen LogP contribution in [-0.4, -0.2) is 51.7 Å². The molecule has 26 heavy (non-hydrogen) atoms. The number of rotatable bonds is 4. The predicted octanol–water partition coefficient (Wildman–Crippen LogP) is 2.37. The first-order valence-electron chi connectivity index (χ1n) is 8.80. The molecule has 0 aliphatic carbocycles. The van der Waals surface area contributed by atoms with E-state index >= 15 is 0 Å². The monoisotopic (exact) mass is 372 g/mol. The summed E-state index contributed by atoms with van der Waals surface area (Å²) in [4.78, 5) is 17.0. The van der Waals surface area contributed by atoms with Crippen LogP contribution in [0.15, 0.2) is 59.5 Å². The van der Waals surface area contributed by atoms with Gasteiger partial charge in [0.05, 0.1) is 11.3 Å². The molecule has 6 heteroatoms. The van der Waals surface area contributed by atoms with Crippen LogP contribution in [0.1, 0.15) is 12.0 Å². The number of carbonyl (C=O) groups is 1. The molecule has 0 aromatic heterocycles. The van der Waals surface area contributed by atoms with Gasteiger partial charge in [0.1, 0.15) is 0 Å². The van der Waals surface area contributed by atoms with E-state index in [0.717, 1.165) is 37.3 Å². The van der Waals surface area contributed by atoms with Crippen molar-refractivity contribution in [1.29, 1.82) is 0 Å². The van der Waals surface area contributed by atoms with Gasteiger partial charge in [0.2, 0.25) is 5.91 Å². The fourth-order valence-electron chi connectivity index (χ4n) is 3.21. The normalized spacial score (nSPS) is 15.6. The highest BCUT2D eigenvalue weighted by Crippen LogP contribution is 2.20. The van der Waals surface area contributed by atoms with E-state index in [1.165, 1.54) is 6.26 Å². The zero-order chi connectivity index (χ0) is 18.6. The zero-order valence-corrected chi connectivity index (χ0v) is 15.8. The molecular formula is C20H24N2O3S. The molecule has 5 nitrogen and oxygen atoms in total. The molecule has 0 spiro atoms. The van der Waals surface area contributed by atoms with Crippen molar-refractivity contribution >= 4 is 21.4 Å². The van der Waals surface area contributed by atoms with Crippen LogP contribution in [0, 0.1) is 0 Å². The van der Waals surface area contributed by atoms with E-state index < -0.39 is 9.84 Å². The predicted molar refractivity (Wildman–Crippen MR) is 103 cm³/mol. The molecule has 1 amide bonds. The third-order valence-electron chi connectivity index (χ3n) is 4.68.